The van der Waals surface area contributed by atoms with Gasteiger partial charge in [-0.2, -0.15) is 0 Å². The SMILES string of the molecule is COCC(C)N(C)C(=O)N1c2ccccc2C[C@H]1C(=O)O. The molecule has 1 N–H and O–H groups in total. The number of hydrogen-bond acceptors (Lipinski definition) is 3. The number of anilines is 1. The van der Waals surface area contributed by atoms with Crippen LogP contribution in [-0.4, -0.2) is 54.9 Å². The maximum Gasteiger partial charge on any atom is 0.327 e. The van der Waals surface area contributed by atoms with E-state index >= 15 is 0 Å². The number of carbonyl (C=O) groups excluding carboxylic acids is 1. The molecule has 0 radical (unpaired) electrons. The third kappa shape index (κ3) is 2.85. The van der Waals surface area contributed by atoms with Gasteiger partial charge in [0.1, 0.15) is 6.04 Å². The lowest BCUT2D eigenvalue weighted by Crippen LogP contribution is -2.51. The Balaban J connectivity index is 2.30. The van der Waals surface area contributed by atoms with Gasteiger partial charge in [-0.25, -0.2) is 9.59 Å². The number of methoxy groups -OCH3 is 1. The van der Waals surface area contributed by atoms with Crippen molar-refractivity contribution in [2.24, 2.45) is 0 Å². The van der Waals surface area contributed by atoms with Gasteiger partial charge in [-0.15, -0.1) is 0 Å². The molecule has 1 aliphatic rings. The second-order valence-corrected chi connectivity index (χ2v) is 5.25. The molecule has 0 aliphatic carbocycles. The van der Waals surface area contributed by atoms with E-state index in [-0.39, 0.29) is 12.1 Å². The van der Waals surface area contributed by atoms with E-state index in [9.17, 15) is 14.7 Å². The molecule has 1 aliphatic heterocycles. The summed E-state index contributed by atoms with van der Waals surface area (Å²) in [6.07, 6.45) is 0.337. The van der Waals surface area contributed by atoms with Crippen molar-refractivity contribution in [2.45, 2.75) is 25.4 Å². The number of aliphatic carboxylic acids is 1. The molecule has 2 atom stereocenters. The molecule has 1 aromatic carbocycles. The van der Waals surface area contributed by atoms with Crippen LogP contribution in [0.3, 0.4) is 0 Å². The van der Waals surface area contributed by atoms with Gasteiger partial charge in [-0.1, -0.05) is 18.2 Å². The largest absolute Gasteiger partial charge is 0.480 e. The van der Waals surface area contributed by atoms with Crippen LogP contribution in [0.25, 0.3) is 0 Å². The van der Waals surface area contributed by atoms with Crippen molar-refractivity contribution in [1.82, 2.24) is 4.90 Å². The molecule has 1 aromatic rings. The van der Waals surface area contributed by atoms with E-state index < -0.39 is 12.0 Å². The number of ether oxygens (including phenoxy) is 1. The molecule has 1 heterocycles. The highest BCUT2D eigenvalue weighted by Crippen LogP contribution is 2.33. The second kappa shape index (κ2) is 6.13. The van der Waals surface area contributed by atoms with Gasteiger partial charge in [-0.3, -0.25) is 4.90 Å². The number of carboxylic acid groups (broad SMARTS) is 1. The molecule has 0 saturated carbocycles. The first-order valence-electron chi connectivity index (χ1n) is 6.83. The molecule has 0 saturated heterocycles. The zero-order valence-electron chi connectivity index (χ0n) is 12.4. The average molecular weight is 292 g/mol. The van der Waals surface area contributed by atoms with Crippen molar-refractivity contribution >= 4 is 17.7 Å². The monoisotopic (exact) mass is 292 g/mol. The van der Waals surface area contributed by atoms with E-state index in [1.165, 1.54) is 9.80 Å². The summed E-state index contributed by atoms with van der Waals surface area (Å²) in [7, 11) is 3.23. The summed E-state index contributed by atoms with van der Waals surface area (Å²) in [4.78, 5) is 27.0. The van der Waals surface area contributed by atoms with E-state index in [1.807, 2.05) is 25.1 Å². The molecule has 114 valence electrons. The van der Waals surface area contributed by atoms with Crippen molar-refractivity contribution in [3.8, 4) is 0 Å². The number of rotatable bonds is 4. The Kier molecular flexibility index (Phi) is 4.47. The zero-order valence-corrected chi connectivity index (χ0v) is 12.4. The minimum Gasteiger partial charge on any atom is -0.480 e. The van der Waals surface area contributed by atoms with Gasteiger partial charge in [0.2, 0.25) is 0 Å². The number of likely N-dealkylation sites (N-methyl/N-ethyl adjacent to an activating group) is 1. The minimum absolute atomic E-state index is 0.135. The molecule has 2 rings (SSSR count). The number of para-hydroxylation sites is 1. The number of urea groups is 1. The lowest BCUT2D eigenvalue weighted by molar-refractivity contribution is -0.138. The van der Waals surface area contributed by atoms with Gasteiger partial charge >= 0.3 is 12.0 Å². The summed E-state index contributed by atoms with van der Waals surface area (Å²) in [5.41, 5.74) is 1.55. The number of amides is 2. The molecular weight excluding hydrogens is 272 g/mol. The van der Waals surface area contributed by atoms with Gasteiger partial charge in [0.15, 0.2) is 0 Å². The number of carbonyl (C=O) groups is 2. The van der Waals surface area contributed by atoms with Crippen LogP contribution in [0.5, 0.6) is 0 Å². The van der Waals surface area contributed by atoms with E-state index in [2.05, 4.69) is 0 Å². The number of benzene rings is 1. The fraction of sp³-hybridized carbons (Fsp3) is 0.467. The van der Waals surface area contributed by atoms with Gasteiger partial charge in [0.05, 0.1) is 12.6 Å². The number of hydrogen-bond donors (Lipinski definition) is 1. The van der Waals surface area contributed by atoms with Crippen LogP contribution in [0.4, 0.5) is 10.5 Å². The summed E-state index contributed by atoms with van der Waals surface area (Å²) in [6, 6.07) is 5.99. The molecular formula is C15H20N2O4. The standard InChI is InChI=1S/C15H20N2O4/c1-10(9-21-3)16(2)15(20)17-12-7-5-4-6-11(12)8-13(17)14(18)19/h4-7,10,13H,8-9H2,1-3H3,(H,18,19)/t10?,13-/m0/s1. The molecule has 6 heteroatoms. The summed E-state index contributed by atoms with van der Waals surface area (Å²) >= 11 is 0. The lowest BCUT2D eigenvalue weighted by atomic mass is 10.1. The summed E-state index contributed by atoms with van der Waals surface area (Å²) < 4.78 is 5.05. The van der Waals surface area contributed by atoms with Crippen molar-refractivity contribution in [3.63, 3.8) is 0 Å². The normalized spacial score (nSPS) is 18.2. The van der Waals surface area contributed by atoms with Crippen LogP contribution in [-0.2, 0) is 16.0 Å². The van der Waals surface area contributed by atoms with E-state index in [1.54, 1.807) is 20.2 Å². The van der Waals surface area contributed by atoms with Gasteiger partial charge in [0, 0.05) is 26.3 Å². The predicted molar refractivity (Wildman–Crippen MR) is 78.5 cm³/mol. The lowest BCUT2D eigenvalue weighted by Gasteiger charge is -2.31. The molecule has 6 nitrogen and oxygen atoms in total. The van der Waals surface area contributed by atoms with Crippen LogP contribution < -0.4 is 4.90 Å². The maximum absolute atomic E-state index is 12.7. The smallest absolute Gasteiger partial charge is 0.327 e. The van der Waals surface area contributed by atoms with E-state index in [0.717, 1.165) is 5.56 Å². The van der Waals surface area contributed by atoms with Crippen molar-refractivity contribution < 1.29 is 19.4 Å². The summed E-state index contributed by atoms with van der Waals surface area (Å²) in [6.45, 7) is 2.26. The third-order valence-corrected chi connectivity index (χ3v) is 3.84. The molecule has 2 amide bonds. The van der Waals surface area contributed by atoms with Gasteiger partial charge in [0.25, 0.3) is 0 Å². The maximum atomic E-state index is 12.7. The third-order valence-electron chi connectivity index (χ3n) is 3.84. The first-order valence-corrected chi connectivity index (χ1v) is 6.83. The fourth-order valence-corrected chi connectivity index (χ4v) is 2.53. The number of nitrogens with zero attached hydrogens (tertiary/aromatic N) is 2. The quantitative estimate of drug-likeness (QED) is 0.915. The molecule has 21 heavy (non-hydrogen) atoms. The van der Waals surface area contributed by atoms with Gasteiger partial charge in [-0.05, 0) is 18.6 Å². The molecule has 0 spiro atoms. The second-order valence-electron chi connectivity index (χ2n) is 5.25. The highest BCUT2D eigenvalue weighted by atomic mass is 16.5. The highest BCUT2D eigenvalue weighted by Gasteiger charge is 2.40. The molecule has 0 fully saturated rings. The Hall–Kier alpha value is -2.08. The molecule has 0 aromatic heterocycles. The zero-order chi connectivity index (χ0) is 15.6. The highest BCUT2D eigenvalue weighted by molar-refractivity contribution is 6.01. The van der Waals surface area contributed by atoms with Crippen LogP contribution in [0.15, 0.2) is 24.3 Å². The fourth-order valence-electron chi connectivity index (χ4n) is 2.53. The van der Waals surface area contributed by atoms with Crippen molar-refractivity contribution in [2.75, 3.05) is 25.7 Å². The summed E-state index contributed by atoms with van der Waals surface area (Å²) in [5.74, 6) is -0.993. The number of carboxylic acids is 1. The van der Waals surface area contributed by atoms with E-state index in [4.69, 9.17) is 4.74 Å². The van der Waals surface area contributed by atoms with Gasteiger partial charge < -0.3 is 14.7 Å². The predicted octanol–water partition coefficient (Wildman–Crippen LogP) is 1.59. The Bertz CT molecular complexity index is 546. The van der Waals surface area contributed by atoms with Crippen LogP contribution in [0.2, 0.25) is 0 Å². The Morgan fingerprint density at radius 1 is 1.48 bits per heavy atom. The van der Waals surface area contributed by atoms with Crippen LogP contribution in [0.1, 0.15) is 12.5 Å². The number of fused-ring (bicyclic) bond motifs is 1. The first-order chi connectivity index (χ1) is 9.97. The van der Waals surface area contributed by atoms with Crippen molar-refractivity contribution in [1.29, 1.82) is 0 Å². The Labute approximate surface area is 123 Å². The molecule has 0 bridgehead atoms. The summed E-state index contributed by atoms with van der Waals surface area (Å²) in [5, 5.41) is 9.39. The Morgan fingerprint density at radius 3 is 2.76 bits per heavy atom. The van der Waals surface area contributed by atoms with Crippen LogP contribution in [0, 0.1) is 0 Å². The van der Waals surface area contributed by atoms with Crippen molar-refractivity contribution in [3.05, 3.63) is 29.8 Å². The van der Waals surface area contributed by atoms with E-state index in [0.29, 0.717) is 18.7 Å². The first kappa shape index (κ1) is 15.3. The Morgan fingerprint density at radius 2 is 2.14 bits per heavy atom. The van der Waals surface area contributed by atoms with Crippen LogP contribution >= 0.6 is 0 Å². The minimum atomic E-state index is -0.993. The topological polar surface area (TPSA) is 70.1 Å². The average Bonchev–Trinajstić information content (AvgIpc) is 2.85. The molecule has 1 unspecified atom stereocenters.